The van der Waals surface area contributed by atoms with Crippen LogP contribution in [0.3, 0.4) is 0 Å². The minimum Gasteiger partial charge on any atom is -0.366 e. The number of morpholine rings is 1. The van der Waals surface area contributed by atoms with E-state index in [2.05, 4.69) is 79.8 Å². The lowest BCUT2D eigenvalue weighted by Crippen LogP contribution is -2.52. The molecule has 1 fully saturated rings. The molecule has 1 aliphatic heterocycles. The standard InChI is InChI=1S/C19H23BrN6O/c1-25(2)13-19(12-21-8-10-27-19)14-3-5-15(6-4-14)23-17-18-22-7-9-26(18)11-16(20)24-17/h3-7,9,11,21H,8,10,12-13H2,1-2H3,(H,23,24). The van der Waals surface area contributed by atoms with E-state index in [4.69, 9.17) is 4.74 Å². The first-order chi connectivity index (χ1) is 13.1. The number of fused-ring (bicyclic) bond motifs is 1. The Hall–Kier alpha value is -2.00. The van der Waals surface area contributed by atoms with E-state index in [1.165, 1.54) is 5.56 Å². The summed E-state index contributed by atoms with van der Waals surface area (Å²) < 4.78 is 8.91. The van der Waals surface area contributed by atoms with Crippen LogP contribution in [0.4, 0.5) is 11.5 Å². The van der Waals surface area contributed by atoms with Crippen molar-refractivity contribution in [3.05, 3.63) is 53.0 Å². The Bertz CT molecular complexity index is 918. The van der Waals surface area contributed by atoms with Crippen LogP contribution in [0.1, 0.15) is 5.56 Å². The summed E-state index contributed by atoms with van der Waals surface area (Å²) in [6.45, 7) is 3.24. The maximum Gasteiger partial charge on any atom is 0.180 e. The summed E-state index contributed by atoms with van der Waals surface area (Å²) in [5.74, 6) is 0.709. The molecule has 1 unspecified atom stereocenters. The van der Waals surface area contributed by atoms with Gasteiger partial charge in [-0.25, -0.2) is 9.97 Å². The quantitative estimate of drug-likeness (QED) is 0.648. The van der Waals surface area contributed by atoms with Gasteiger partial charge in [0.1, 0.15) is 10.2 Å². The van der Waals surface area contributed by atoms with Crippen molar-refractivity contribution in [2.24, 2.45) is 0 Å². The molecule has 3 heterocycles. The van der Waals surface area contributed by atoms with E-state index in [-0.39, 0.29) is 5.60 Å². The molecule has 27 heavy (non-hydrogen) atoms. The van der Waals surface area contributed by atoms with Gasteiger partial charge in [0.2, 0.25) is 0 Å². The highest BCUT2D eigenvalue weighted by molar-refractivity contribution is 9.10. The smallest absolute Gasteiger partial charge is 0.180 e. The summed E-state index contributed by atoms with van der Waals surface area (Å²) in [6.07, 6.45) is 5.54. The number of nitrogens with zero attached hydrogens (tertiary/aromatic N) is 4. The summed E-state index contributed by atoms with van der Waals surface area (Å²) in [6, 6.07) is 8.37. The molecule has 1 atom stereocenters. The number of aromatic nitrogens is 3. The van der Waals surface area contributed by atoms with Gasteiger partial charge in [-0.1, -0.05) is 12.1 Å². The molecule has 4 rings (SSSR count). The van der Waals surface area contributed by atoms with Crippen LogP contribution in [-0.4, -0.2) is 59.6 Å². The second kappa shape index (κ2) is 7.55. The van der Waals surface area contributed by atoms with E-state index in [1.807, 2.05) is 16.8 Å². The average Bonchev–Trinajstić information content (AvgIpc) is 3.11. The van der Waals surface area contributed by atoms with Gasteiger partial charge in [0.25, 0.3) is 0 Å². The summed E-state index contributed by atoms with van der Waals surface area (Å²) in [5, 5.41) is 6.83. The van der Waals surface area contributed by atoms with Crippen molar-refractivity contribution in [1.29, 1.82) is 0 Å². The summed E-state index contributed by atoms with van der Waals surface area (Å²) >= 11 is 3.45. The van der Waals surface area contributed by atoms with Gasteiger partial charge in [-0.3, -0.25) is 0 Å². The maximum absolute atomic E-state index is 6.23. The number of likely N-dealkylation sites (N-methyl/N-ethyl adjacent to an activating group) is 1. The number of rotatable bonds is 5. The number of hydrogen-bond donors (Lipinski definition) is 2. The molecular formula is C19H23BrN6O. The Balaban J connectivity index is 1.60. The molecule has 2 N–H and O–H groups in total. The lowest BCUT2D eigenvalue weighted by Gasteiger charge is -2.40. The number of ether oxygens (including phenoxy) is 1. The largest absolute Gasteiger partial charge is 0.366 e. The Morgan fingerprint density at radius 1 is 1.33 bits per heavy atom. The van der Waals surface area contributed by atoms with Crippen LogP contribution >= 0.6 is 15.9 Å². The lowest BCUT2D eigenvalue weighted by atomic mass is 9.91. The van der Waals surface area contributed by atoms with Crippen molar-refractivity contribution in [3.8, 4) is 0 Å². The Labute approximate surface area is 166 Å². The minimum absolute atomic E-state index is 0.329. The zero-order valence-electron chi connectivity index (χ0n) is 15.4. The predicted octanol–water partition coefficient (Wildman–Crippen LogP) is 2.61. The summed E-state index contributed by atoms with van der Waals surface area (Å²) in [7, 11) is 4.15. The topological polar surface area (TPSA) is 66.7 Å². The van der Waals surface area contributed by atoms with Crippen molar-refractivity contribution in [2.45, 2.75) is 5.60 Å². The first-order valence-corrected chi connectivity index (χ1v) is 9.71. The number of imidazole rings is 1. The highest BCUT2D eigenvalue weighted by Gasteiger charge is 2.35. The van der Waals surface area contributed by atoms with Crippen molar-refractivity contribution >= 4 is 33.1 Å². The zero-order chi connectivity index (χ0) is 18.9. The highest BCUT2D eigenvalue weighted by atomic mass is 79.9. The van der Waals surface area contributed by atoms with Crippen LogP contribution in [0.2, 0.25) is 0 Å². The third-order valence-corrected chi connectivity index (χ3v) is 5.04. The van der Waals surface area contributed by atoms with E-state index >= 15 is 0 Å². The number of hydrogen-bond acceptors (Lipinski definition) is 6. The Morgan fingerprint density at radius 3 is 2.85 bits per heavy atom. The van der Waals surface area contributed by atoms with Gasteiger partial charge in [0.05, 0.1) is 6.61 Å². The zero-order valence-corrected chi connectivity index (χ0v) is 17.0. The Kier molecular flexibility index (Phi) is 5.14. The molecule has 0 radical (unpaired) electrons. The van der Waals surface area contributed by atoms with Crippen LogP contribution in [-0.2, 0) is 10.3 Å². The summed E-state index contributed by atoms with van der Waals surface area (Å²) in [5.41, 5.74) is 2.58. The van der Waals surface area contributed by atoms with Crippen LogP contribution in [0.15, 0.2) is 47.5 Å². The maximum atomic E-state index is 6.23. The fourth-order valence-corrected chi connectivity index (χ4v) is 3.93. The van der Waals surface area contributed by atoms with Crippen LogP contribution in [0.5, 0.6) is 0 Å². The van der Waals surface area contributed by atoms with Gasteiger partial charge in [0.15, 0.2) is 11.5 Å². The second-order valence-corrected chi connectivity index (χ2v) is 7.84. The molecular weight excluding hydrogens is 408 g/mol. The third kappa shape index (κ3) is 3.84. The molecule has 1 aliphatic rings. The van der Waals surface area contributed by atoms with Crippen molar-refractivity contribution in [3.63, 3.8) is 0 Å². The average molecular weight is 431 g/mol. The molecule has 0 saturated carbocycles. The van der Waals surface area contributed by atoms with Crippen LogP contribution in [0, 0.1) is 0 Å². The van der Waals surface area contributed by atoms with E-state index in [9.17, 15) is 0 Å². The third-order valence-electron chi connectivity index (χ3n) is 4.66. The van der Waals surface area contributed by atoms with Crippen molar-refractivity contribution in [1.82, 2.24) is 24.6 Å². The fourth-order valence-electron chi connectivity index (χ4n) is 3.53. The molecule has 2 aromatic heterocycles. The van der Waals surface area contributed by atoms with Gasteiger partial charge >= 0.3 is 0 Å². The number of benzene rings is 1. The molecule has 142 valence electrons. The van der Waals surface area contributed by atoms with E-state index in [1.54, 1.807) is 6.20 Å². The van der Waals surface area contributed by atoms with E-state index in [0.717, 1.165) is 35.6 Å². The predicted molar refractivity (Wildman–Crippen MR) is 109 cm³/mol. The normalized spacial score (nSPS) is 20.3. The van der Waals surface area contributed by atoms with Gasteiger partial charge in [-0.15, -0.1) is 0 Å². The SMILES string of the molecule is CN(C)CC1(c2ccc(Nc3nc(Br)cn4ccnc34)cc2)CNCCO1. The molecule has 1 saturated heterocycles. The fraction of sp³-hybridized carbons (Fsp3) is 0.368. The molecule has 3 aromatic rings. The van der Waals surface area contributed by atoms with Gasteiger partial charge < -0.3 is 24.7 Å². The van der Waals surface area contributed by atoms with E-state index < -0.39 is 0 Å². The van der Waals surface area contributed by atoms with Gasteiger partial charge in [0, 0.05) is 43.9 Å². The molecule has 0 aliphatic carbocycles. The summed E-state index contributed by atoms with van der Waals surface area (Å²) in [4.78, 5) is 11.1. The van der Waals surface area contributed by atoms with Crippen molar-refractivity contribution in [2.75, 3.05) is 45.7 Å². The lowest BCUT2D eigenvalue weighted by molar-refractivity contribution is -0.0836. The molecule has 1 aromatic carbocycles. The van der Waals surface area contributed by atoms with Gasteiger partial charge in [-0.05, 0) is 47.7 Å². The first-order valence-electron chi connectivity index (χ1n) is 8.92. The Morgan fingerprint density at radius 2 is 2.15 bits per heavy atom. The monoisotopic (exact) mass is 430 g/mol. The van der Waals surface area contributed by atoms with Crippen LogP contribution < -0.4 is 10.6 Å². The number of halogens is 1. The van der Waals surface area contributed by atoms with Crippen LogP contribution in [0.25, 0.3) is 5.65 Å². The minimum atomic E-state index is -0.329. The number of nitrogens with one attached hydrogen (secondary N) is 2. The first kappa shape index (κ1) is 18.4. The van der Waals surface area contributed by atoms with Gasteiger partial charge in [-0.2, -0.15) is 0 Å². The molecule has 7 nitrogen and oxygen atoms in total. The van der Waals surface area contributed by atoms with Crippen molar-refractivity contribution < 1.29 is 4.74 Å². The molecule has 0 spiro atoms. The van der Waals surface area contributed by atoms with E-state index in [0.29, 0.717) is 12.4 Å². The molecule has 0 amide bonds. The number of anilines is 2. The second-order valence-electron chi connectivity index (χ2n) is 7.03. The molecule has 8 heteroatoms. The highest BCUT2D eigenvalue weighted by Crippen LogP contribution is 2.30. The molecule has 0 bridgehead atoms.